The van der Waals surface area contributed by atoms with E-state index in [1.165, 1.54) is 5.56 Å². The first kappa shape index (κ1) is 23.4. The summed E-state index contributed by atoms with van der Waals surface area (Å²) in [5.41, 5.74) is 2.78. The lowest BCUT2D eigenvalue weighted by molar-refractivity contribution is -0.139. The maximum atomic E-state index is 13.3. The standard InChI is InChI=1S/C28H30N2O4/c1-33-25-15-12-23(13-16-25)28(32)29-19-24(14-11-21-7-4-3-5-8-21)30(27(31)20-29)18-22-9-6-10-26(17-22)34-2/h3-10,12-13,15-17,24H,11,14,18-20H2,1-2H3/t24-/m0/s1. The Morgan fingerprint density at radius 1 is 0.882 bits per heavy atom. The van der Waals surface area contributed by atoms with Crippen molar-refractivity contribution in [3.8, 4) is 11.5 Å². The predicted octanol–water partition coefficient (Wildman–Crippen LogP) is 4.19. The van der Waals surface area contributed by atoms with Crippen molar-refractivity contribution in [2.75, 3.05) is 27.3 Å². The topological polar surface area (TPSA) is 59.1 Å². The van der Waals surface area contributed by atoms with Crippen LogP contribution in [0.25, 0.3) is 0 Å². The zero-order valence-electron chi connectivity index (χ0n) is 19.6. The molecule has 3 aromatic carbocycles. The molecular formula is C28H30N2O4. The van der Waals surface area contributed by atoms with Gasteiger partial charge in [0.05, 0.1) is 20.3 Å². The van der Waals surface area contributed by atoms with Gasteiger partial charge in [-0.15, -0.1) is 0 Å². The van der Waals surface area contributed by atoms with Crippen molar-refractivity contribution in [1.82, 2.24) is 9.80 Å². The molecule has 0 aromatic heterocycles. The Bertz CT molecular complexity index is 1110. The van der Waals surface area contributed by atoms with Crippen molar-refractivity contribution in [3.05, 3.63) is 95.6 Å². The average Bonchev–Trinajstić information content (AvgIpc) is 2.89. The Labute approximate surface area is 200 Å². The molecule has 6 nitrogen and oxygen atoms in total. The van der Waals surface area contributed by atoms with Crippen LogP contribution < -0.4 is 9.47 Å². The quantitative estimate of drug-likeness (QED) is 0.508. The first-order valence-corrected chi connectivity index (χ1v) is 11.5. The maximum Gasteiger partial charge on any atom is 0.254 e. The van der Waals surface area contributed by atoms with Gasteiger partial charge in [-0.2, -0.15) is 0 Å². The molecular weight excluding hydrogens is 428 g/mol. The monoisotopic (exact) mass is 458 g/mol. The molecule has 0 unspecified atom stereocenters. The lowest BCUT2D eigenvalue weighted by Gasteiger charge is -2.41. The Hall–Kier alpha value is -3.80. The van der Waals surface area contributed by atoms with Gasteiger partial charge in [-0.25, -0.2) is 0 Å². The number of ether oxygens (including phenoxy) is 2. The Morgan fingerprint density at radius 3 is 2.29 bits per heavy atom. The summed E-state index contributed by atoms with van der Waals surface area (Å²) in [5, 5.41) is 0. The summed E-state index contributed by atoms with van der Waals surface area (Å²) in [6, 6.07) is 24.9. The van der Waals surface area contributed by atoms with Crippen LogP contribution in [0, 0.1) is 0 Å². The van der Waals surface area contributed by atoms with Gasteiger partial charge in [0.1, 0.15) is 18.0 Å². The predicted molar refractivity (Wildman–Crippen MR) is 131 cm³/mol. The van der Waals surface area contributed by atoms with Gasteiger partial charge in [0.25, 0.3) is 5.91 Å². The lowest BCUT2D eigenvalue weighted by Crippen LogP contribution is -2.57. The average molecular weight is 459 g/mol. The molecule has 0 spiro atoms. The van der Waals surface area contributed by atoms with Crippen LogP contribution >= 0.6 is 0 Å². The summed E-state index contributed by atoms with van der Waals surface area (Å²) < 4.78 is 10.5. The molecule has 1 aliphatic heterocycles. The van der Waals surface area contributed by atoms with Crippen LogP contribution in [-0.4, -0.2) is 55.0 Å². The van der Waals surface area contributed by atoms with E-state index in [-0.39, 0.29) is 24.4 Å². The van der Waals surface area contributed by atoms with Gasteiger partial charge in [-0.1, -0.05) is 42.5 Å². The van der Waals surface area contributed by atoms with Gasteiger partial charge in [0.2, 0.25) is 5.91 Å². The Morgan fingerprint density at radius 2 is 1.59 bits per heavy atom. The highest BCUT2D eigenvalue weighted by Gasteiger charge is 2.34. The number of nitrogens with zero attached hydrogens (tertiary/aromatic N) is 2. The minimum absolute atomic E-state index is 0.0472. The van der Waals surface area contributed by atoms with E-state index >= 15 is 0 Å². The molecule has 0 radical (unpaired) electrons. The van der Waals surface area contributed by atoms with Crippen LogP contribution in [0.3, 0.4) is 0 Å². The van der Waals surface area contributed by atoms with Crippen molar-refractivity contribution in [3.63, 3.8) is 0 Å². The number of amides is 2. The highest BCUT2D eigenvalue weighted by molar-refractivity contribution is 5.97. The first-order chi connectivity index (χ1) is 16.6. The van der Waals surface area contributed by atoms with Gasteiger partial charge < -0.3 is 19.3 Å². The smallest absolute Gasteiger partial charge is 0.254 e. The van der Waals surface area contributed by atoms with Crippen molar-refractivity contribution in [2.45, 2.75) is 25.4 Å². The van der Waals surface area contributed by atoms with E-state index in [9.17, 15) is 9.59 Å². The number of rotatable bonds is 8. The lowest BCUT2D eigenvalue weighted by atomic mass is 10.00. The molecule has 0 aliphatic carbocycles. The van der Waals surface area contributed by atoms with E-state index in [0.29, 0.717) is 24.4 Å². The Kier molecular flexibility index (Phi) is 7.48. The fourth-order valence-corrected chi connectivity index (χ4v) is 4.36. The molecule has 34 heavy (non-hydrogen) atoms. The third kappa shape index (κ3) is 5.57. The van der Waals surface area contributed by atoms with E-state index in [0.717, 1.165) is 24.2 Å². The number of carbonyl (C=O) groups excluding carboxylic acids is 2. The number of aryl methyl sites for hydroxylation is 1. The van der Waals surface area contributed by atoms with Gasteiger partial charge >= 0.3 is 0 Å². The molecule has 3 aromatic rings. The summed E-state index contributed by atoms with van der Waals surface area (Å²) in [7, 11) is 3.23. The van der Waals surface area contributed by atoms with Crippen molar-refractivity contribution in [2.24, 2.45) is 0 Å². The number of hydrogen-bond acceptors (Lipinski definition) is 4. The van der Waals surface area contributed by atoms with Gasteiger partial charge in [-0.3, -0.25) is 9.59 Å². The molecule has 1 saturated heterocycles. The molecule has 1 heterocycles. The molecule has 6 heteroatoms. The van der Waals surface area contributed by atoms with Gasteiger partial charge in [0.15, 0.2) is 0 Å². The molecule has 1 fully saturated rings. The fourth-order valence-electron chi connectivity index (χ4n) is 4.36. The number of carbonyl (C=O) groups is 2. The Balaban J connectivity index is 1.54. The molecule has 4 rings (SSSR count). The SMILES string of the molecule is COc1ccc(C(=O)N2CC(=O)N(Cc3cccc(OC)c3)[C@@H](CCc3ccccc3)C2)cc1. The van der Waals surface area contributed by atoms with Gasteiger partial charge in [0, 0.05) is 18.7 Å². The van der Waals surface area contributed by atoms with Crippen LogP contribution in [0.2, 0.25) is 0 Å². The molecule has 176 valence electrons. The second-order valence-corrected chi connectivity index (χ2v) is 8.47. The van der Waals surface area contributed by atoms with E-state index in [1.807, 2.05) is 47.4 Å². The van der Waals surface area contributed by atoms with Crippen molar-refractivity contribution < 1.29 is 19.1 Å². The molecule has 0 bridgehead atoms. The van der Waals surface area contributed by atoms with E-state index in [2.05, 4.69) is 12.1 Å². The third-order valence-electron chi connectivity index (χ3n) is 6.24. The summed E-state index contributed by atoms with van der Waals surface area (Å²) >= 11 is 0. The van der Waals surface area contributed by atoms with Crippen molar-refractivity contribution >= 4 is 11.8 Å². The molecule has 0 N–H and O–H groups in total. The zero-order chi connectivity index (χ0) is 23.9. The minimum atomic E-state index is -0.137. The highest BCUT2D eigenvalue weighted by atomic mass is 16.5. The zero-order valence-corrected chi connectivity index (χ0v) is 19.6. The summed E-state index contributed by atoms with van der Waals surface area (Å²) in [4.78, 5) is 30.1. The van der Waals surface area contributed by atoms with Crippen molar-refractivity contribution in [1.29, 1.82) is 0 Å². The number of methoxy groups -OCH3 is 2. The minimum Gasteiger partial charge on any atom is -0.497 e. The third-order valence-corrected chi connectivity index (χ3v) is 6.24. The van der Waals surface area contributed by atoms with E-state index in [1.54, 1.807) is 43.4 Å². The normalized spacial score (nSPS) is 15.8. The van der Waals surface area contributed by atoms with Crippen LogP contribution in [0.4, 0.5) is 0 Å². The largest absolute Gasteiger partial charge is 0.497 e. The fraction of sp³-hybridized carbons (Fsp3) is 0.286. The first-order valence-electron chi connectivity index (χ1n) is 11.5. The number of benzene rings is 3. The van der Waals surface area contributed by atoms with Crippen LogP contribution in [0.5, 0.6) is 11.5 Å². The molecule has 1 aliphatic rings. The second kappa shape index (κ2) is 10.9. The van der Waals surface area contributed by atoms with Crippen LogP contribution in [-0.2, 0) is 17.8 Å². The summed E-state index contributed by atoms with van der Waals surface area (Å²) in [5.74, 6) is 1.27. The molecule has 0 saturated carbocycles. The second-order valence-electron chi connectivity index (χ2n) is 8.47. The highest BCUT2D eigenvalue weighted by Crippen LogP contribution is 2.23. The van der Waals surface area contributed by atoms with E-state index in [4.69, 9.17) is 9.47 Å². The number of hydrogen-bond donors (Lipinski definition) is 0. The van der Waals surface area contributed by atoms with Crippen LogP contribution in [0.15, 0.2) is 78.9 Å². The summed E-state index contributed by atoms with van der Waals surface area (Å²) in [6.45, 7) is 1.05. The summed E-state index contributed by atoms with van der Waals surface area (Å²) in [6.07, 6.45) is 1.60. The van der Waals surface area contributed by atoms with E-state index < -0.39 is 0 Å². The maximum absolute atomic E-state index is 13.3. The molecule has 1 atom stereocenters. The van der Waals surface area contributed by atoms with Crippen LogP contribution in [0.1, 0.15) is 27.9 Å². The number of piperazine rings is 1. The molecule has 2 amide bonds. The van der Waals surface area contributed by atoms with Gasteiger partial charge in [-0.05, 0) is 60.4 Å².